The lowest BCUT2D eigenvalue weighted by molar-refractivity contribution is -0.387. The first-order chi connectivity index (χ1) is 15.1. The SMILES string of the molecule is NC(=O)[C@@H](Cc1ccc(F)c([N+](=O)[O-])c1)NC(=O)Cc1cc(C(F)(F)F)cc(C(F)(F)F)c1. The van der Waals surface area contributed by atoms with Crippen LogP contribution in [0.25, 0.3) is 0 Å². The Morgan fingerprint density at radius 3 is 1.97 bits per heavy atom. The van der Waals surface area contributed by atoms with E-state index in [0.717, 1.165) is 18.2 Å². The fourth-order valence-corrected chi connectivity index (χ4v) is 2.84. The average Bonchev–Trinajstić information content (AvgIpc) is 2.66. The number of nitro groups is 1. The highest BCUT2D eigenvalue weighted by molar-refractivity contribution is 5.87. The number of alkyl halides is 6. The second kappa shape index (κ2) is 9.42. The van der Waals surface area contributed by atoms with Crippen molar-refractivity contribution in [1.29, 1.82) is 0 Å². The minimum absolute atomic E-state index is 0.0191. The van der Waals surface area contributed by atoms with E-state index in [1.54, 1.807) is 0 Å². The molecule has 2 amide bonds. The number of nitrogens with two attached hydrogens (primary N) is 1. The van der Waals surface area contributed by atoms with Gasteiger partial charge in [0.05, 0.1) is 22.5 Å². The summed E-state index contributed by atoms with van der Waals surface area (Å²) >= 11 is 0. The number of amides is 2. The summed E-state index contributed by atoms with van der Waals surface area (Å²) in [7, 11) is 0. The Morgan fingerprint density at radius 1 is 0.970 bits per heavy atom. The molecule has 2 aromatic rings. The summed E-state index contributed by atoms with van der Waals surface area (Å²) in [6.45, 7) is 0. The van der Waals surface area contributed by atoms with Gasteiger partial charge in [0.2, 0.25) is 17.6 Å². The van der Waals surface area contributed by atoms with Crippen molar-refractivity contribution in [2.45, 2.75) is 31.2 Å². The maximum atomic E-state index is 13.4. The molecule has 0 saturated carbocycles. The highest BCUT2D eigenvalue weighted by Gasteiger charge is 2.37. The standard InChI is InChI=1S/C19H14F7N3O4/c20-13-2-1-9(6-15(13)29(32)33)5-14(17(27)31)28-16(30)7-10-3-11(18(21,22)23)8-12(4-10)19(24,25)26/h1-4,6,8,14H,5,7H2,(H2,27,31)(H,28,30)/t14-/m1/s1. The van der Waals surface area contributed by atoms with Crippen molar-refractivity contribution in [3.8, 4) is 0 Å². The van der Waals surface area contributed by atoms with Gasteiger partial charge in [0.25, 0.3) is 0 Å². The molecule has 33 heavy (non-hydrogen) atoms. The molecular formula is C19H14F7N3O4. The number of benzene rings is 2. The monoisotopic (exact) mass is 481 g/mol. The summed E-state index contributed by atoms with van der Waals surface area (Å²) in [6, 6.07) is 1.70. The van der Waals surface area contributed by atoms with Crippen molar-refractivity contribution in [2.75, 3.05) is 0 Å². The molecule has 2 aromatic carbocycles. The molecule has 178 valence electrons. The first-order valence-corrected chi connectivity index (χ1v) is 8.87. The number of nitrogens with one attached hydrogen (secondary N) is 1. The van der Waals surface area contributed by atoms with Crippen molar-refractivity contribution < 1.29 is 45.2 Å². The summed E-state index contributed by atoms with van der Waals surface area (Å²) in [5.74, 6) is -3.44. The zero-order chi connectivity index (χ0) is 25.1. The highest BCUT2D eigenvalue weighted by atomic mass is 19.4. The molecule has 0 radical (unpaired) electrons. The molecule has 14 heteroatoms. The van der Waals surface area contributed by atoms with Crippen LogP contribution in [0.2, 0.25) is 0 Å². The van der Waals surface area contributed by atoms with Crippen LogP contribution in [0.5, 0.6) is 0 Å². The Kier molecular flexibility index (Phi) is 7.29. The number of nitrogens with zero attached hydrogens (tertiary/aromatic N) is 1. The molecule has 0 unspecified atom stereocenters. The quantitative estimate of drug-likeness (QED) is 0.358. The Labute approximate surface area is 180 Å². The number of hydrogen-bond acceptors (Lipinski definition) is 4. The van der Waals surface area contributed by atoms with Gasteiger partial charge < -0.3 is 11.1 Å². The molecule has 7 nitrogen and oxygen atoms in total. The van der Waals surface area contributed by atoms with Gasteiger partial charge in [0.1, 0.15) is 6.04 Å². The second-order valence-corrected chi connectivity index (χ2v) is 6.86. The molecule has 1 atom stereocenters. The first kappa shape index (κ1) is 25.5. The second-order valence-electron chi connectivity index (χ2n) is 6.86. The molecule has 3 N–H and O–H groups in total. The minimum Gasteiger partial charge on any atom is -0.368 e. The van der Waals surface area contributed by atoms with Crippen LogP contribution in [0, 0.1) is 15.9 Å². The molecule has 0 aromatic heterocycles. The maximum absolute atomic E-state index is 13.4. The molecule has 2 rings (SSSR count). The molecule has 0 saturated heterocycles. The van der Waals surface area contributed by atoms with Crippen LogP contribution in [0.3, 0.4) is 0 Å². The molecule has 0 heterocycles. The summed E-state index contributed by atoms with van der Waals surface area (Å²) in [6.07, 6.45) is -11.6. The van der Waals surface area contributed by atoms with E-state index in [1.165, 1.54) is 0 Å². The van der Waals surface area contributed by atoms with E-state index in [9.17, 15) is 50.4 Å². The number of carbonyl (C=O) groups excluding carboxylic acids is 2. The van der Waals surface area contributed by atoms with Gasteiger partial charge >= 0.3 is 18.0 Å². The minimum atomic E-state index is -5.11. The van der Waals surface area contributed by atoms with Crippen LogP contribution in [-0.4, -0.2) is 22.8 Å². The smallest absolute Gasteiger partial charge is 0.368 e. The van der Waals surface area contributed by atoms with E-state index in [0.29, 0.717) is 12.1 Å². The van der Waals surface area contributed by atoms with E-state index in [1.807, 2.05) is 0 Å². The molecule has 0 aliphatic heterocycles. The number of hydrogen-bond donors (Lipinski definition) is 2. The number of carbonyl (C=O) groups is 2. The van der Waals surface area contributed by atoms with Gasteiger partial charge in [-0.25, -0.2) is 0 Å². The van der Waals surface area contributed by atoms with Crippen LogP contribution in [0.15, 0.2) is 36.4 Å². The topological polar surface area (TPSA) is 115 Å². The van der Waals surface area contributed by atoms with Crippen molar-refractivity contribution in [2.24, 2.45) is 5.73 Å². The lowest BCUT2D eigenvalue weighted by Gasteiger charge is -2.17. The first-order valence-electron chi connectivity index (χ1n) is 8.87. The van der Waals surface area contributed by atoms with Gasteiger partial charge in [-0.05, 0) is 35.4 Å². The zero-order valence-electron chi connectivity index (χ0n) is 16.3. The van der Waals surface area contributed by atoms with Crippen molar-refractivity contribution in [3.63, 3.8) is 0 Å². The third-order valence-electron chi connectivity index (χ3n) is 4.34. The third-order valence-corrected chi connectivity index (χ3v) is 4.34. The molecule has 0 fully saturated rings. The number of nitro benzene ring substituents is 1. The summed E-state index contributed by atoms with van der Waals surface area (Å²) in [5, 5.41) is 12.9. The van der Waals surface area contributed by atoms with E-state index in [4.69, 9.17) is 5.73 Å². The zero-order valence-corrected chi connectivity index (χ0v) is 16.3. The molecule has 0 bridgehead atoms. The van der Waals surface area contributed by atoms with E-state index in [2.05, 4.69) is 5.32 Å². The van der Waals surface area contributed by atoms with Crippen LogP contribution in [0.4, 0.5) is 36.4 Å². The molecule has 0 aliphatic carbocycles. The lowest BCUT2D eigenvalue weighted by Crippen LogP contribution is -2.46. The van der Waals surface area contributed by atoms with Gasteiger partial charge in [0.15, 0.2) is 0 Å². The lowest BCUT2D eigenvalue weighted by atomic mass is 10.0. The van der Waals surface area contributed by atoms with E-state index >= 15 is 0 Å². The fraction of sp³-hybridized carbons (Fsp3) is 0.263. The molecule has 0 spiro atoms. The Balaban J connectivity index is 2.25. The summed E-state index contributed by atoms with van der Waals surface area (Å²) in [4.78, 5) is 33.7. The predicted molar refractivity (Wildman–Crippen MR) is 98.0 cm³/mol. The van der Waals surface area contributed by atoms with E-state index in [-0.39, 0.29) is 11.6 Å². The summed E-state index contributed by atoms with van der Waals surface area (Å²) < 4.78 is 91.1. The van der Waals surface area contributed by atoms with Crippen molar-refractivity contribution in [1.82, 2.24) is 5.32 Å². The van der Waals surface area contributed by atoms with Crippen molar-refractivity contribution in [3.05, 3.63) is 74.6 Å². The number of primary amides is 1. The van der Waals surface area contributed by atoms with Gasteiger partial charge in [-0.1, -0.05) is 6.07 Å². The highest BCUT2D eigenvalue weighted by Crippen LogP contribution is 2.36. The van der Waals surface area contributed by atoms with Crippen LogP contribution < -0.4 is 11.1 Å². The van der Waals surface area contributed by atoms with Crippen molar-refractivity contribution >= 4 is 17.5 Å². The number of rotatable bonds is 7. The Morgan fingerprint density at radius 2 is 1.52 bits per heavy atom. The largest absolute Gasteiger partial charge is 0.416 e. The van der Waals surface area contributed by atoms with Gasteiger partial charge in [-0.15, -0.1) is 0 Å². The predicted octanol–water partition coefficient (Wildman–Crippen LogP) is 3.53. The van der Waals surface area contributed by atoms with Crippen LogP contribution in [0.1, 0.15) is 22.3 Å². The number of halogens is 7. The third kappa shape index (κ3) is 6.89. The normalized spacial score (nSPS) is 12.8. The Hall–Kier alpha value is -3.71. The molecular weight excluding hydrogens is 467 g/mol. The maximum Gasteiger partial charge on any atom is 0.416 e. The Bertz CT molecular complexity index is 1050. The molecule has 0 aliphatic rings. The average molecular weight is 481 g/mol. The fourth-order valence-electron chi connectivity index (χ4n) is 2.84. The summed E-state index contributed by atoms with van der Waals surface area (Å²) in [5.41, 5.74) is 0.395. The van der Waals surface area contributed by atoms with Gasteiger partial charge in [-0.3, -0.25) is 19.7 Å². The van der Waals surface area contributed by atoms with E-state index < -0.39 is 76.2 Å². The van der Waals surface area contributed by atoms with Gasteiger partial charge in [0, 0.05) is 12.5 Å². The van der Waals surface area contributed by atoms with Gasteiger partial charge in [-0.2, -0.15) is 30.7 Å². The van der Waals surface area contributed by atoms with Crippen LogP contribution >= 0.6 is 0 Å². The van der Waals surface area contributed by atoms with Crippen LogP contribution in [-0.2, 0) is 34.8 Å².